The van der Waals surface area contributed by atoms with E-state index in [2.05, 4.69) is 16.7 Å². The third-order valence-electron chi connectivity index (χ3n) is 3.62. The minimum Gasteiger partial charge on any atom is -0.383 e. The average molecular weight is 243 g/mol. The van der Waals surface area contributed by atoms with Crippen molar-refractivity contribution in [2.24, 2.45) is 5.73 Å². The summed E-state index contributed by atoms with van der Waals surface area (Å²) in [5, 5.41) is 0. The van der Waals surface area contributed by atoms with Gasteiger partial charge in [0, 0.05) is 39.3 Å². The van der Waals surface area contributed by atoms with Crippen LogP contribution < -0.4 is 5.73 Å². The van der Waals surface area contributed by atoms with Gasteiger partial charge in [0.05, 0.1) is 6.61 Å². The quantitative estimate of drug-likeness (QED) is 0.639. The normalized spacial score (nSPS) is 20.6. The molecule has 1 aliphatic rings. The van der Waals surface area contributed by atoms with E-state index >= 15 is 0 Å². The molecule has 0 radical (unpaired) electrons. The van der Waals surface area contributed by atoms with Crippen LogP contribution in [0.25, 0.3) is 0 Å². The molecule has 0 aromatic rings. The van der Waals surface area contributed by atoms with Gasteiger partial charge in [-0.3, -0.25) is 4.90 Å². The van der Waals surface area contributed by atoms with Gasteiger partial charge >= 0.3 is 0 Å². The third kappa shape index (κ3) is 5.82. The van der Waals surface area contributed by atoms with E-state index in [1.54, 1.807) is 7.11 Å². The molecule has 0 saturated carbocycles. The summed E-state index contributed by atoms with van der Waals surface area (Å²) >= 11 is 0. The van der Waals surface area contributed by atoms with Gasteiger partial charge in [-0.05, 0) is 32.9 Å². The summed E-state index contributed by atoms with van der Waals surface area (Å²) in [4.78, 5) is 5.10. The maximum absolute atomic E-state index is 5.50. The second-order valence-corrected chi connectivity index (χ2v) is 5.03. The van der Waals surface area contributed by atoms with Gasteiger partial charge in [-0.1, -0.05) is 6.42 Å². The van der Waals surface area contributed by atoms with Crippen LogP contribution >= 0.6 is 0 Å². The lowest BCUT2D eigenvalue weighted by atomic mass is 10.2. The van der Waals surface area contributed by atoms with Gasteiger partial charge in [0.25, 0.3) is 0 Å². The number of piperazine rings is 1. The monoisotopic (exact) mass is 243 g/mol. The number of unbranched alkanes of at least 4 members (excludes halogenated alkanes) is 2. The second kappa shape index (κ2) is 8.86. The molecule has 1 rings (SSSR count). The molecular weight excluding hydrogens is 214 g/mol. The van der Waals surface area contributed by atoms with Crippen molar-refractivity contribution in [3.63, 3.8) is 0 Å². The number of hydrogen-bond acceptors (Lipinski definition) is 4. The summed E-state index contributed by atoms with van der Waals surface area (Å²) < 4.78 is 5.21. The Bertz CT molecular complexity index is 182. The zero-order valence-corrected chi connectivity index (χ0v) is 11.5. The highest BCUT2D eigenvalue weighted by Gasteiger charge is 2.20. The lowest BCUT2D eigenvalue weighted by molar-refractivity contribution is 0.0568. The van der Waals surface area contributed by atoms with Crippen molar-refractivity contribution in [1.29, 1.82) is 0 Å². The van der Waals surface area contributed by atoms with E-state index in [1.165, 1.54) is 52.0 Å². The molecular formula is C13H29N3O. The number of nitrogens with two attached hydrogens (primary N) is 1. The Morgan fingerprint density at radius 2 is 1.82 bits per heavy atom. The fourth-order valence-corrected chi connectivity index (χ4v) is 2.43. The molecule has 0 spiro atoms. The first-order chi connectivity index (χ1) is 8.27. The highest BCUT2D eigenvalue weighted by atomic mass is 16.5. The highest BCUT2D eigenvalue weighted by molar-refractivity contribution is 4.75. The molecule has 0 aromatic carbocycles. The van der Waals surface area contributed by atoms with Gasteiger partial charge in [0.2, 0.25) is 0 Å². The lowest BCUT2D eigenvalue weighted by Crippen LogP contribution is -2.50. The van der Waals surface area contributed by atoms with Gasteiger partial charge < -0.3 is 15.4 Å². The molecule has 1 saturated heterocycles. The predicted octanol–water partition coefficient (Wildman–Crippen LogP) is 0.768. The van der Waals surface area contributed by atoms with Crippen LogP contribution in [-0.4, -0.2) is 68.8 Å². The maximum Gasteiger partial charge on any atom is 0.0615 e. The Morgan fingerprint density at radius 3 is 2.41 bits per heavy atom. The van der Waals surface area contributed by atoms with E-state index in [4.69, 9.17) is 10.5 Å². The van der Waals surface area contributed by atoms with Crippen LogP contribution in [0.3, 0.4) is 0 Å². The first kappa shape index (κ1) is 14.9. The van der Waals surface area contributed by atoms with Gasteiger partial charge in [-0.15, -0.1) is 0 Å². The first-order valence-electron chi connectivity index (χ1n) is 6.93. The summed E-state index contributed by atoms with van der Waals surface area (Å²) in [6, 6.07) is 0.555. The predicted molar refractivity (Wildman–Crippen MR) is 72.3 cm³/mol. The van der Waals surface area contributed by atoms with Gasteiger partial charge in [-0.2, -0.15) is 0 Å². The Hall–Kier alpha value is -0.160. The molecule has 2 N–H and O–H groups in total. The lowest BCUT2D eigenvalue weighted by Gasteiger charge is -2.37. The largest absolute Gasteiger partial charge is 0.383 e. The third-order valence-corrected chi connectivity index (χ3v) is 3.62. The molecule has 102 valence electrons. The molecule has 0 bridgehead atoms. The number of methoxy groups -OCH3 is 1. The van der Waals surface area contributed by atoms with Crippen LogP contribution in [0.2, 0.25) is 0 Å². The van der Waals surface area contributed by atoms with Crippen LogP contribution in [0.4, 0.5) is 0 Å². The second-order valence-electron chi connectivity index (χ2n) is 5.03. The van der Waals surface area contributed by atoms with Crippen molar-refractivity contribution in [3.05, 3.63) is 0 Å². The number of ether oxygens (including phenoxy) is 1. The Morgan fingerprint density at radius 1 is 1.12 bits per heavy atom. The topological polar surface area (TPSA) is 41.7 Å². The van der Waals surface area contributed by atoms with Crippen molar-refractivity contribution in [3.8, 4) is 0 Å². The van der Waals surface area contributed by atoms with Crippen LogP contribution in [0.15, 0.2) is 0 Å². The summed E-state index contributed by atoms with van der Waals surface area (Å²) in [5.74, 6) is 0. The molecule has 1 heterocycles. The van der Waals surface area contributed by atoms with E-state index in [9.17, 15) is 0 Å². The standard InChI is InChI=1S/C13H29N3O/c1-13(12-17-2)16-10-8-15(9-11-16)7-5-3-4-6-14/h13H,3-12,14H2,1-2H3. The Balaban J connectivity index is 2.08. The van der Waals surface area contributed by atoms with E-state index < -0.39 is 0 Å². The summed E-state index contributed by atoms with van der Waals surface area (Å²) in [7, 11) is 1.78. The summed E-state index contributed by atoms with van der Waals surface area (Å²) in [5.41, 5.74) is 5.50. The van der Waals surface area contributed by atoms with E-state index in [1.807, 2.05) is 0 Å². The van der Waals surface area contributed by atoms with E-state index in [0.29, 0.717) is 6.04 Å². The van der Waals surface area contributed by atoms with Crippen molar-refractivity contribution in [2.75, 3.05) is 53.0 Å². The Labute approximate surface area is 106 Å². The minimum absolute atomic E-state index is 0.555. The fourth-order valence-electron chi connectivity index (χ4n) is 2.43. The first-order valence-corrected chi connectivity index (χ1v) is 6.93. The number of nitrogens with zero attached hydrogens (tertiary/aromatic N) is 2. The summed E-state index contributed by atoms with van der Waals surface area (Å²) in [6.45, 7) is 9.95. The molecule has 0 amide bonds. The molecule has 17 heavy (non-hydrogen) atoms. The van der Waals surface area contributed by atoms with Crippen LogP contribution in [-0.2, 0) is 4.74 Å². The van der Waals surface area contributed by atoms with E-state index in [-0.39, 0.29) is 0 Å². The SMILES string of the molecule is COCC(C)N1CCN(CCCCCN)CC1. The van der Waals surface area contributed by atoms with Crippen molar-refractivity contribution in [2.45, 2.75) is 32.2 Å². The molecule has 0 aliphatic carbocycles. The molecule has 1 unspecified atom stereocenters. The van der Waals surface area contributed by atoms with Crippen LogP contribution in [0.1, 0.15) is 26.2 Å². The number of rotatable bonds is 8. The summed E-state index contributed by atoms with van der Waals surface area (Å²) in [6.07, 6.45) is 3.74. The zero-order valence-electron chi connectivity index (χ0n) is 11.5. The maximum atomic E-state index is 5.50. The smallest absolute Gasteiger partial charge is 0.0615 e. The molecule has 0 aromatic heterocycles. The molecule has 4 heteroatoms. The highest BCUT2D eigenvalue weighted by Crippen LogP contribution is 2.08. The zero-order chi connectivity index (χ0) is 12.5. The van der Waals surface area contributed by atoms with Gasteiger partial charge in [-0.25, -0.2) is 0 Å². The van der Waals surface area contributed by atoms with Crippen molar-refractivity contribution >= 4 is 0 Å². The molecule has 1 atom stereocenters. The van der Waals surface area contributed by atoms with Crippen molar-refractivity contribution < 1.29 is 4.74 Å². The molecule has 1 aliphatic heterocycles. The van der Waals surface area contributed by atoms with Gasteiger partial charge in [0.15, 0.2) is 0 Å². The number of hydrogen-bond donors (Lipinski definition) is 1. The molecule has 4 nitrogen and oxygen atoms in total. The average Bonchev–Trinajstić information content (AvgIpc) is 2.36. The van der Waals surface area contributed by atoms with Crippen LogP contribution in [0, 0.1) is 0 Å². The molecule has 1 fully saturated rings. The van der Waals surface area contributed by atoms with E-state index in [0.717, 1.165) is 13.2 Å². The van der Waals surface area contributed by atoms with Crippen LogP contribution in [0.5, 0.6) is 0 Å². The Kier molecular flexibility index (Phi) is 7.77. The fraction of sp³-hybridized carbons (Fsp3) is 1.00. The minimum atomic E-state index is 0.555. The van der Waals surface area contributed by atoms with Crippen molar-refractivity contribution in [1.82, 2.24) is 9.80 Å². The van der Waals surface area contributed by atoms with Gasteiger partial charge in [0.1, 0.15) is 0 Å².